The van der Waals surface area contributed by atoms with Gasteiger partial charge in [0.2, 0.25) is 11.8 Å². The molecule has 0 atom stereocenters. The second-order valence-electron chi connectivity index (χ2n) is 6.76. The minimum Gasteiger partial charge on any atom is -0.331 e. The minimum absolute atomic E-state index is 0.171. The largest absolute Gasteiger partial charge is 0.416 e. The van der Waals surface area contributed by atoms with Gasteiger partial charge in [0.1, 0.15) is 0 Å². The summed E-state index contributed by atoms with van der Waals surface area (Å²) < 4.78 is 40.1. The number of benzene rings is 2. The van der Waals surface area contributed by atoms with Gasteiger partial charge in [0.25, 0.3) is 0 Å². The van der Waals surface area contributed by atoms with E-state index in [1.165, 1.54) is 31.6 Å². The molecule has 0 aliphatic rings. The van der Waals surface area contributed by atoms with Crippen LogP contribution in [0.15, 0.2) is 67.1 Å². The van der Waals surface area contributed by atoms with Gasteiger partial charge in [-0.3, -0.25) is 9.59 Å². The number of amides is 2. The fourth-order valence-electron chi connectivity index (χ4n) is 2.79. The molecule has 0 bridgehead atoms. The molecule has 0 fully saturated rings. The summed E-state index contributed by atoms with van der Waals surface area (Å²) in [4.78, 5) is 27.2. The summed E-state index contributed by atoms with van der Waals surface area (Å²) in [5, 5.41) is 5.25. The third-order valence-corrected chi connectivity index (χ3v) is 4.16. The molecule has 0 saturated heterocycles. The first-order valence-corrected chi connectivity index (χ1v) is 9.24. The molecule has 160 valence electrons. The van der Waals surface area contributed by atoms with Crippen LogP contribution in [0.5, 0.6) is 0 Å². The van der Waals surface area contributed by atoms with Gasteiger partial charge in [0.05, 0.1) is 11.9 Å². The zero-order chi connectivity index (χ0) is 22.4. The number of nitrogens with zero attached hydrogens (tertiary/aromatic N) is 2. The fourth-order valence-corrected chi connectivity index (χ4v) is 2.79. The summed E-state index contributed by atoms with van der Waals surface area (Å²) >= 11 is 0. The zero-order valence-electron chi connectivity index (χ0n) is 16.5. The molecule has 2 amide bonds. The minimum atomic E-state index is -4.40. The van der Waals surface area contributed by atoms with Crippen LogP contribution in [0.25, 0.3) is 6.08 Å². The second-order valence-corrected chi connectivity index (χ2v) is 6.76. The quantitative estimate of drug-likeness (QED) is 0.565. The van der Waals surface area contributed by atoms with Crippen molar-refractivity contribution in [3.05, 3.63) is 83.8 Å². The van der Waals surface area contributed by atoms with Crippen LogP contribution < -0.4 is 10.6 Å². The van der Waals surface area contributed by atoms with Gasteiger partial charge in [0, 0.05) is 31.4 Å². The molecule has 2 aromatic carbocycles. The molecule has 0 radical (unpaired) electrons. The van der Waals surface area contributed by atoms with E-state index in [0.29, 0.717) is 11.3 Å². The van der Waals surface area contributed by atoms with Crippen molar-refractivity contribution in [3.8, 4) is 0 Å². The van der Waals surface area contributed by atoms with Crippen LogP contribution in [-0.2, 0) is 22.3 Å². The number of imidazole rings is 1. The molecular formula is C22H19F3N4O2. The molecule has 0 aliphatic carbocycles. The Morgan fingerprint density at radius 1 is 1.10 bits per heavy atom. The number of halogens is 3. The SMILES string of the molecule is CC(=O)Nc1ccc(/C=C/C(=O)Nc2cn(Cc3cccc(C(F)(F)F)c3)cn2)cc1. The first kappa shape index (κ1) is 21.8. The van der Waals surface area contributed by atoms with Crippen molar-refractivity contribution in [1.29, 1.82) is 0 Å². The van der Waals surface area contributed by atoms with Crippen LogP contribution in [-0.4, -0.2) is 21.4 Å². The normalized spacial score (nSPS) is 11.5. The lowest BCUT2D eigenvalue weighted by Gasteiger charge is -2.09. The fraction of sp³-hybridized carbons (Fsp3) is 0.136. The van der Waals surface area contributed by atoms with E-state index in [9.17, 15) is 22.8 Å². The van der Waals surface area contributed by atoms with Gasteiger partial charge in [-0.1, -0.05) is 24.3 Å². The molecule has 2 N–H and O–H groups in total. The highest BCUT2D eigenvalue weighted by molar-refractivity contribution is 6.01. The third-order valence-electron chi connectivity index (χ3n) is 4.16. The van der Waals surface area contributed by atoms with Gasteiger partial charge in [-0.25, -0.2) is 4.98 Å². The number of anilines is 2. The molecule has 6 nitrogen and oxygen atoms in total. The number of aromatic nitrogens is 2. The molecule has 0 spiro atoms. The number of hydrogen-bond acceptors (Lipinski definition) is 3. The van der Waals surface area contributed by atoms with Crippen molar-refractivity contribution in [2.24, 2.45) is 0 Å². The van der Waals surface area contributed by atoms with E-state index in [-0.39, 0.29) is 18.3 Å². The molecule has 3 aromatic rings. The maximum absolute atomic E-state index is 12.8. The van der Waals surface area contributed by atoms with E-state index in [0.717, 1.165) is 17.7 Å². The van der Waals surface area contributed by atoms with E-state index < -0.39 is 17.6 Å². The van der Waals surface area contributed by atoms with E-state index in [1.807, 2.05) is 0 Å². The maximum Gasteiger partial charge on any atom is 0.416 e. The van der Waals surface area contributed by atoms with Crippen LogP contribution >= 0.6 is 0 Å². The van der Waals surface area contributed by atoms with Gasteiger partial charge in [0.15, 0.2) is 5.82 Å². The number of nitrogens with one attached hydrogen (secondary N) is 2. The average Bonchev–Trinajstić information content (AvgIpc) is 3.13. The standard InChI is InChI=1S/C22H19F3N4O2/c1-15(30)27-19-8-5-16(6-9-19)7-10-21(31)28-20-13-29(14-26-20)12-17-3-2-4-18(11-17)22(23,24)25/h2-11,13-14H,12H2,1H3,(H,27,30)(H,28,31)/b10-7+. The molecule has 0 saturated carbocycles. The molecule has 3 rings (SSSR count). The number of carbonyl (C=O) groups excluding carboxylic acids is 2. The van der Waals surface area contributed by atoms with E-state index in [4.69, 9.17) is 0 Å². The Labute approximate surface area is 176 Å². The first-order chi connectivity index (χ1) is 14.7. The van der Waals surface area contributed by atoms with E-state index in [2.05, 4.69) is 15.6 Å². The summed E-state index contributed by atoms with van der Waals surface area (Å²) in [5.74, 6) is -0.298. The van der Waals surface area contributed by atoms with Gasteiger partial charge in [-0.05, 0) is 41.5 Å². The topological polar surface area (TPSA) is 76.0 Å². The Morgan fingerprint density at radius 2 is 1.84 bits per heavy atom. The summed E-state index contributed by atoms with van der Waals surface area (Å²) in [5.41, 5.74) is 1.17. The molecule has 0 aliphatic heterocycles. The number of carbonyl (C=O) groups is 2. The van der Waals surface area contributed by atoms with Crippen molar-refractivity contribution < 1.29 is 22.8 Å². The number of hydrogen-bond donors (Lipinski definition) is 2. The summed E-state index contributed by atoms with van der Waals surface area (Å²) in [6.45, 7) is 1.60. The van der Waals surface area contributed by atoms with Gasteiger partial charge in [-0.2, -0.15) is 13.2 Å². The highest BCUT2D eigenvalue weighted by Crippen LogP contribution is 2.29. The Bertz CT molecular complexity index is 1100. The van der Waals surface area contributed by atoms with Crippen LogP contribution in [0.1, 0.15) is 23.6 Å². The van der Waals surface area contributed by atoms with Crippen LogP contribution in [0.4, 0.5) is 24.7 Å². The maximum atomic E-state index is 12.8. The molecule has 9 heteroatoms. The predicted octanol–water partition coefficient (Wildman–Crippen LogP) is 4.56. The van der Waals surface area contributed by atoms with Crippen molar-refractivity contribution >= 4 is 29.4 Å². The molecule has 1 aromatic heterocycles. The van der Waals surface area contributed by atoms with E-state index in [1.54, 1.807) is 41.0 Å². The molecular weight excluding hydrogens is 409 g/mol. The Morgan fingerprint density at radius 3 is 2.52 bits per heavy atom. The van der Waals surface area contributed by atoms with Gasteiger partial charge >= 0.3 is 6.18 Å². The monoisotopic (exact) mass is 428 g/mol. The smallest absolute Gasteiger partial charge is 0.331 e. The lowest BCUT2D eigenvalue weighted by molar-refractivity contribution is -0.137. The number of alkyl halides is 3. The molecule has 31 heavy (non-hydrogen) atoms. The Balaban J connectivity index is 1.57. The van der Waals surface area contributed by atoms with Crippen molar-refractivity contribution in [1.82, 2.24) is 9.55 Å². The van der Waals surface area contributed by atoms with Gasteiger partial charge < -0.3 is 15.2 Å². The van der Waals surface area contributed by atoms with Crippen LogP contribution in [0, 0.1) is 0 Å². The van der Waals surface area contributed by atoms with Crippen LogP contribution in [0.3, 0.4) is 0 Å². The predicted molar refractivity (Wildman–Crippen MR) is 111 cm³/mol. The highest BCUT2D eigenvalue weighted by atomic mass is 19.4. The number of rotatable bonds is 6. The lowest BCUT2D eigenvalue weighted by atomic mass is 10.1. The summed E-state index contributed by atoms with van der Waals surface area (Å²) in [7, 11) is 0. The zero-order valence-corrected chi connectivity index (χ0v) is 16.5. The molecule has 1 heterocycles. The summed E-state index contributed by atoms with van der Waals surface area (Å²) in [6, 6.07) is 12.0. The van der Waals surface area contributed by atoms with Crippen LogP contribution in [0.2, 0.25) is 0 Å². The van der Waals surface area contributed by atoms with E-state index >= 15 is 0 Å². The van der Waals surface area contributed by atoms with Gasteiger partial charge in [-0.15, -0.1) is 0 Å². The van der Waals surface area contributed by atoms with Crippen molar-refractivity contribution in [3.63, 3.8) is 0 Å². The first-order valence-electron chi connectivity index (χ1n) is 9.24. The van der Waals surface area contributed by atoms with Crippen molar-refractivity contribution in [2.75, 3.05) is 10.6 Å². The Hall–Kier alpha value is -3.88. The average molecular weight is 428 g/mol. The lowest BCUT2D eigenvalue weighted by Crippen LogP contribution is -2.08. The second kappa shape index (κ2) is 9.29. The highest BCUT2D eigenvalue weighted by Gasteiger charge is 2.30. The molecule has 0 unspecified atom stereocenters. The summed E-state index contributed by atoms with van der Waals surface area (Å²) in [6.07, 6.45) is 1.50. The third kappa shape index (κ3) is 6.56. The van der Waals surface area contributed by atoms with Crippen molar-refractivity contribution in [2.45, 2.75) is 19.6 Å². The Kier molecular flexibility index (Phi) is 6.54.